The molecule has 8 bridgehead atoms. The quantitative estimate of drug-likeness (QED) is 0.286. The average Bonchev–Trinajstić information content (AvgIpc) is 2.68. The van der Waals surface area contributed by atoms with Crippen LogP contribution in [0.1, 0.15) is 77.0 Å². The van der Waals surface area contributed by atoms with Crippen LogP contribution >= 0.6 is 0 Å². The molecule has 0 heterocycles. The number of hydroxylamine groups is 2. The first kappa shape index (κ1) is 21.7. The molecule has 1 aromatic carbocycles. The van der Waals surface area contributed by atoms with Crippen molar-refractivity contribution in [2.24, 2.45) is 35.5 Å². The number of para-hydroxylation sites is 1. The molecule has 0 aromatic heterocycles. The normalized spacial score (nSPS) is 48.5. The van der Waals surface area contributed by atoms with Gasteiger partial charge in [-0.2, -0.15) is 0 Å². The first-order valence-electron chi connectivity index (χ1n) is 12.5. The zero-order chi connectivity index (χ0) is 20.1. The van der Waals surface area contributed by atoms with Crippen LogP contribution in [0.2, 0.25) is 0 Å². The Morgan fingerprint density at radius 2 is 1.06 bits per heavy atom. The predicted molar refractivity (Wildman–Crippen MR) is 115 cm³/mol. The van der Waals surface area contributed by atoms with E-state index < -0.39 is 0 Å². The van der Waals surface area contributed by atoms with Crippen molar-refractivity contribution in [2.75, 3.05) is 0 Å². The molecule has 8 aliphatic carbocycles. The summed E-state index contributed by atoms with van der Waals surface area (Å²) in [5.74, 6) is 5.40. The molecular weight excluding hydrogens is 587 g/mol. The Kier molecular flexibility index (Phi) is 5.13. The van der Waals surface area contributed by atoms with Crippen molar-refractivity contribution >= 4 is 9.47 Å². The summed E-state index contributed by atoms with van der Waals surface area (Å²) in [5.41, 5.74) is 1.76. The number of benzene rings is 1. The van der Waals surface area contributed by atoms with Crippen LogP contribution < -0.4 is 20.8 Å². The third-order valence-corrected chi connectivity index (χ3v) is 11.6. The Balaban J connectivity index is 0.00000185. The molecule has 9 rings (SSSR count). The Bertz CT molecular complexity index is 754. The number of halogens is 1. The molecule has 0 spiro atoms. The second-order valence-corrected chi connectivity index (χ2v) is 13.6. The van der Waals surface area contributed by atoms with E-state index in [-0.39, 0.29) is 23.5 Å². The zero-order valence-electron chi connectivity index (χ0n) is 18.4. The van der Waals surface area contributed by atoms with Gasteiger partial charge in [-0.1, -0.05) is 0 Å². The molecule has 8 saturated carbocycles. The maximum atomic E-state index is 6.62. The summed E-state index contributed by atoms with van der Waals surface area (Å²) in [6, 6.07) is 9.08. The second kappa shape index (κ2) is 7.33. The maximum absolute atomic E-state index is 6.62. The van der Waals surface area contributed by atoms with Crippen LogP contribution in [0.5, 0.6) is 0 Å². The second-order valence-electron chi connectivity index (χ2n) is 12.4. The first-order chi connectivity index (χ1) is 14.5. The summed E-state index contributed by atoms with van der Waals surface area (Å²) in [7, 11) is 6.62. The van der Waals surface area contributed by atoms with E-state index in [4.69, 9.17) is 11.9 Å². The van der Waals surface area contributed by atoms with Crippen LogP contribution in [0, 0.1) is 42.6 Å². The number of hydrogen-bond donors (Lipinski definition) is 0. The van der Waals surface area contributed by atoms with Crippen LogP contribution in [0.3, 0.4) is 0 Å². The molecule has 4 heteroatoms. The molecule has 0 unspecified atom stereocenters. The number of nitrogens with zero attached hydrogens (tertiary/aromatic N) is 1. The fourth-order valence-electron chi connectivity index (χ4n) is 10.9. The van der Waals surface area contributed by atoms with Crippen molar-refractivity contribution in [1.29, 1.82) is 0 Å². The van der Waals surface area contributed by atoms with Gasteiger partial charge >= 0.3 is 195 Å². The fraction of sp³-hybridized carbons (Fsp3) is 0.741. The van der Waals surface area contributed by atoms with Gasteiger partial charge in [-0.05, 0) is 0 Å². The molecule has 8 aliphatic rings. The molecular formula is C27H35AuClNO+. The summed E-state index contributed by atoms with van der Waals surface area (Å²) in [6.07, 6.45) is 16.8. The number of hydrogen-bond acceptors (Lipinski definition) is 1. The van der Waals surface area contributed by atoms with Gasteiger partial charge in [0.05, 0.1) is 0 Å². The van der Waals surface area contributed by atoms with E-state index in [1.807, 2.05) is 0 Å². The van der Waals surface area contributed by atoms with E-state index in [9.17, 15) is 0 Å². The molecule has 8 fully saturated rings. The van der Waals surface area contributed by atoms with Gasteiger partial charge in [-0.3, -0.25) is 0 Å². The first-order valence-corrected chi connectivity index (χ1v) is 13.6. The van der Waals surface area contributed by atoms with Crippen molar-refractivity contribution < 1.29 is 38.3 Å². The fourth-order valence-corrected chi connectivity index (χ4v) is 11.6. The minimum absolute atomic E-state index is 0. The van der Waals surface area contributed by atoms with Crippen molar-refractivity contribution in [3.63, 3.8) is 0 Å². The Morgan fingerprint density at radius 3 is 1.39 bits per heavy atom. The van der Waals surface area contributed by atoms with Gasteiger partial charge in [-0.15, -0.1) is 0 Å². The van der Waals surface area contributed by atoms with E-state index in [0.29, 0.717) is 4.65 Å². The molecule has 171 valence electrons. The predicted octanol–water partition coefficient (Wildman–Crippen LogP) is 2.71. The number of rotatable bonds is 4. The summed E-state index contributed by atoms with van der Waals surface area (Å²) in [6.45, 7) is 0. The van der Waals surface area contributed by atoms with Crippen molar-refractivity contribution in [3.05, 3.63) is 31.4 Å². The van der Waals surface area contributed by atoms with E-state index in [0.717, 1.165) is 35.5 Å². The van der Waals surface area contributed by atoms with Crippen LogP contribution in [-0.2, 0) is 25.9 Å². The monoisotopic (exact) mass is 621 g/mol. The largest absolute Gasteiger partial charge is 1.00 e. The zero-order valence-corrected chi connectivity index (χ0v) is 21.3. The van der Waals surface area contributed by atoms with Crippen LogP contribution in [0.4, 0.5) is 5.69 Å². The van der Waals surface area contributed by atoms with Gasteiger partial charge in [0, 0.05) is 0 Å². The Labute approximate surface area is 206 Å². The Hall–Kier alpha value is 0.170. The van der Waals surface area contributed by atoms with Gasteiger partial charge in [0.25, 0.3) is 0 Å². The summed E-state index contributed by atoms with van der Waals surface area (Å²) >= 11 is 2.80. The number of quaternary nitrogens is 1. The van der Waals surface area contributed by atoms with E-state index in [2.05, 4.69) is 45.3 Å². The molecule has 2 nitrogen and oxygen atoms in total. The topological polar surface area (TPSA) is 9.23 Å². The van der Waals surface area contributed by atoms with Crippen molar-refractivity contribution in [1.82, 2.24) is 4.65 Å². The van der Waals surface area contributed by atoms with Gasteiger partial charge in [0.1, 0.15) is 0 Å². The third-order valence-electron chi connectivity index (χ3n) is 10.7. The smallest absolute Gasteiger partial charge is 1.00 e. The standard InChI is InChI=1S/C27H35NO.Au.ClH/c1-29-28(25-5-3-2-4-6-25,26-13-19-7-20(14-26)9-21(8-19)15-26)27-16-22-10-23(17-27)12-24(11-22)18-27;;/h1-5,19-24H,7-18H2;;1H/q2*+1;/p-1. The molecule has 2 radical (unpaired) electrons. The van der Waals surface area contributed by atoms with E-state index in [1.165, 1.54) is 86.5 Å². The molecule has 0 atom stereocenters. The average molecular weight is 622 g/mol. The van der Waals surface area contributed by atoms with E-state index in [1.54, 1.807) is 0 Å². The molecule has 0 aliphatic heterocycles. The van der Waals surface area contributed by atoms with Crippen LogP contribution in [0.15, 0.2) is 24.3 Å². The van der Waals surface area contributed by atoms with Crippen molar-refractivity contribution in [2.45, 2.75) is 88.1 Å². The Morgan fingerprint density at radius 1 is 0.710 bits per heavy atom. The molecule has 0 amide bonds. The molecule has 0 N–H and O–H groups in total. The van der Waals surface area contributed by atoms with E-state index >= 15 is 0 Å². The summed E-state index contributed by atoms with van der Waals surface area (Å²) in [4.78, 5) is 6.60. The maximum Gasteiger partial charge on any atom is -1.00 e. The summed E-state index contributed by atoms with van der Waals surface area (Å²) in [5, 5.41) is 0. The minimum atomic E-state index is 0. The van der Waals surface area contributed by atoms with Crippen LogP contribution in [0.25, 0.3) is 0 Å². The van der Waals surface area contributed by atoms with Gasteiger partial charge < -0.3 is 12.4 Å². The minimum Gasteiger partial charge on any atom is -1.00 e. The van der Waals surface area contributed by atoms with Gasteiger partial charge in [0.2, 0.25) is 0 Å². The third kappa shape index (κ3) is 2.82. The van der Waals surface area contributed by atoms with Crippen LogP contribution in [-0.4, -0.2) is 11.1 Å². The summed E-state index contributed by atoms with van der Waals surface area (Å²) < 4.78 is 1.99. The molecule has 31 heavy (non-hydrogen) atoms. The molecule has 1 aromatic rings. The van der Waals surface area contributed by atoms with Gasteiger partial charge in [-0.25, -0.2) is 0 Å². The van der Waals surface area contributed by atoms with Crippen molar-refractivity contribution in [3.8, 4) is 0 Å². The molecule has 0 saturated heterocycles. The SMILES string of the molecule is [CH]O[N+](c1cccc[c]1[Au+])(C12CC3CC(CC(C3)C1)C2)C12CC3CC(CC(C3)C1)C2.[Cl-]. The van der Waals surface area contributed by atoms with Gasteiger partial charge in [0.15, 0.2) is 0 Å².